The molecular weight excluding hydrogens is 222 g/mol. The van der Waals surface area contributed by atoms with Gasteiger partial charge in [0.15, 0.2) is 0 Å². The quantitative estimate of drug-likeness (QED) is 0.783. The Kier molecular flexibility index (Phi) is 7.20. The SMILES string of the molecule is CCN1CCCC(NCC(C(C)C)N(C)C)CC1. The van der Waals surface area contributed by atoms with E-state index < -0.39 is 0 Å². The molecular formula is C15H33N3. The molecule has 108 valence electrons. The van der Waals surface area contributed by atoms with E-state index in [2.05, 4.69) is 50.0 Å². The third kappa shape index (κ3) is 5.25. The molecule has 0 aromatic heterocycles. The van der Waals surface area contributed by atoms with Crippen LogP contribution in [0.15, 0.2) is 0 Å². The Balaban J connectivity index is 2.33. The maximum absolute atomic E-state index is 3.80. The first-order valence-electron chi connectivity index (χ1n) is 7.66. The summed E-state index contributed by atoms with van der Waals surface area (Å²) in [5.41, 5.74) is 0. The van der Waals surface area contributed by atoms with Gasteiger partial charge >= 0.3 is 0 Å². The van der Waals surface area contributed by atoms with Crippen molar-refractivity contribution in [1.82, 2.24) is 15.1 Å². The molecule has 1 rings (SSSR count). The van der Waals surface area contributed by atoms with E-state index in [0.29, 0.717) is 12.0 Å². The van der Waals surface area contributed by atoms with E-state index in [0.717, 1.165) is 12.6 Å². The Bertz CT molecular complexity index is 208. The van der Waals surface area contributed by atoms with E-state index >= 15 is 0 Å². The molecule has 0 saturated carbocycles. The summed E-state index contributed by atoms with van der Waals surface area (Å²) >= 11 is 0. The van der Waals surface area contributed by atoms with Gasteiger partial charge in [-0.1, -0.05) is 20.8 Å². The molecule has 1 aliphatic heterocycles. The van der Waals surface area contributed by atoms with Crippen LogP contribution in [0.2, 0.25) is 0 Å². The Morgan fingerprint density at radius 2 is 1.94 bits per heavy atom. The van der Waals surface area contributed by atoms with Crippen LogP contribution < -0.4 is 5.32 Å². The monoisotopic (exact) mass is 255 g/mol. The van der Waals surface area contributed by atoms with Gasteiger partial charge in [0.2, 0.25) is 0 Å². The van der Waals surface area contributed by atoms with Gasteiger partial charge in [-0.2, -0.15) is 0 Å². The highest BCUT2D eigenvalue weighted by atomic mass is 15.1. The summed E-state index contributed by atoms with van der Waals surface area (Å²) in [6.45, 7) is 11.8. The fourth-order valence-electron chi connectivity index (χ4n) is 2.98. The molecule has 0 aromatic carbocycles. The van der Waals surface area contributed by atoms with Gasteiger partial charge in [0, 0.05) is 18.6 Å². The predicted molar refractivity (Wildman–Crippen MR) is 80.1 cm³/mol. The van der Waals surface area contributed by atoms with E-state index in [-0.39, 0.29) is 0 Å². The molecule has 0 aliphatic carbocycles. The molecule has 0 bridgehead atoms. The second-order valence-electron chi connectivity index (χ2n) is 6.25. The zero-order chi connectivity index (χ0) is 13.5. The minimum atomic E-state index is 0.649. The van der Waals surface area contributed by atoms with E-state index in [9.17, 15) is 0 Å². The van der Waals surface area contributed by atoms with Crippen LogP contribution in [0.1, 0.15) is 40.0 Å². The van der Waals surface area contributed by atoms with Crippen LogP contribution in [0, 0.1) is 5.92 Å². The number of nitrogens with one attached hydrogen (secondary N) is 1. The van der Waals surface area contributed by atoms with Crippen LogP contribution in [-0.4, -0.2) is 62.2 Å². The standard InChI is InChI=1S/C15H33N3/c1-6-18-10-7-8-14(9-11-18)16-12-15(13(2)3)17(4)5/h13-16H,6-12H2,1-5H3. The second-order valence-corrected chi connectivity index (χ2v) is 6.25. The Labute approximate surface area is 114 Å². The van der Waals surface area contributed by atoms with Gasteiger partial charge in [0.1, 0.15) is 0 Å². The highest BCUT2D eigenvalue weighted by Gasteiger charge is 2.19. The first-order chi connectivity index (χ1) is 8.54. The molecule has 3 nitrogen and oxygen atoms in total. The molecule has 0 radical (unpaired) electrons. The summed E-state index contributed by atoms with van der Waals surface area (Å²) in [5, 5.41) is 3.80. The molecule has 1 saturated heterocycles. The van der Waals surface area contributed by atoms with Crippen molar-refractivity contribution in [1.29, 1.82) is 0 Å². The van der Waals surface area contributed by atoms with Crippen molar-refractivity contribution in [3.05, 3.63) is 0 Å². The van der Waals surface area contributed by atoms with Crippen molar-refractivity contribution < 1.29 is 0 Å². The summed E-state index contributed by atoms with van der Waals surface area (Å²) in [6.07, 6.45) is 4.00. The maximum atomic E-state index is 3.80. The van der Waals surface area contributed by atoms with E-state index in [4.69, 9.17) is 0 Å². The molecule has 1 heterocycles. The van der Waals surface area contributed by atoms with Crippen LogP contribution in [0.3, 0.4) is 0 Å². The van der Waals surface area contributed by atoms with Gasteiger partial charge < -0.3 is 15.1 Å². The molecule has 0 aromatic rings. The first kappa shape index (κ1) is 15.9. The van der Waals surface area contributed by atoms with Gasteiger partial charge in [-0.25, -0.2) is 0 Å². The van der Waals surface area contributed by atoms with Gasteiger partial charge in [-0.15, -0.1) is 0 Å². The average Bonchev–Trinajstić information content (AvgIpc) is 2.53. The van der Waals surface area contributed by atoms with Crippen molar-refractivity contribution >= 4 is 0 Å². The number of likely N-dealkylation sites (N-methyl/N-ethyl adjacent to an activating group) is 1. The lowest BCUT2D eigenvalue weighted by molar-refractivity contribution is 0.215. The number of hydrogen-bond donors (Lipinski definition) is 1. The molecule has 0 spiro atoms. The van der Waals surface area contributed by atoms with E-state index in [1.54, 1.807) is 0 Å². The van der Waals surface area contributed by atoms with Crippen molar-refractivity contribution in [3.63, 3.8) is 0 Å². The lowest BCUT2D eigenvalue weighted by atomic mass is 10.0. The van der Waals surface area contributed by atoms with Crippen molar-refractivity contribution in [2.24, 2.45) is 5.92 Å². The molecule has 18 heavy (non-hydrogen) atoms. The van der Waals surface area contributed by atoms with Gasteiger partial charge in [0.25, 0.3) is 0 Å². The minimum absolute atomic E-state index is 0.649. The van der Waals surface area contributed by atoms with Crippen LogP contribution in [0.4, 0.5) is 0 Å². The lowest BCUT2D eigenvalue weighted by Gasteiger charge is -2.30. The number of nitrogens with zero attached hydrogens (tertiary/aromatic N) is 2. The average molecular weight is 255 g/mol. The summed E-state index contributed by atoms with van der Waals surface area (Å²) < 4.78 is 0. The molecule has 1 fully saturated rings. The number of likely N-dealkylation sites (tertiary alicyclic amines) is 1. The minimum Gasteiger partial charge on any atom is -0.312 e. The Morgan fingerprint density at radius 3 is 2.50 bits per heavy atom. The Hall–Kier alpha value is -0.120. The molecule has 0 amide bonds. The van der Waals surface area contributed by atoms with Crippen LogP contribution >= 0.6 is 0 Å². The van der Waals surface area contributed by atoms with Crippen molar-refractivity contribution in [3.8, 4) is 0 Å². The van der Waals surface area contributed by atoms with E-state index in [1.807, 2.05) is 0 Å². The van der Waals surface area contributed by atoms with Crippen molar-refractivity contribution in [2.75, 3.05) is 40.3 Å². The third-order valence-corrected chi connectivity index (χ3v) is 4.32. The highest BCUT2D eigenvalue weighted by Crippen LogP contribution is 2.12. The zero-order valence-corrected chi connectivity index (χ0v) is 13.1. The lowest BCUT2D eigenvalue weighted by Crippen LogP contribution is -2.45. The van der Waals surface area contributed by atoms with Gasteiger partial charge in [-0.3, -0.25) is 0 Å². The molecule has 1 aliphatic rings. The zero-order valence-electron chi connectivity index (χ0n) is 13.1. The van der Waals surface area contributed by atoms with Crippen LogP contribution in [-0.2, 0) is 0 Å². The molecule has 2 unspecified atom stereocenters. The summed E-state index contributed by atoms with van der Waals surface area (Å²) in [7, 11) is 4.39. The van der Waals surface area contributed by atoms with Gasteiger partial charge in [-0.05, 0) is 58.9 Å². The summed E-state index contributed by atoms with van der Waals surface area (Å²) in [6, 6.07) is 1.37. The van der Waals surface area contributed by atoms with Crippen LogP contribution in [0.25, 0.3) is 0 Å². The second kappa shape index (κ2) is 8.13. The highest BCUT2D eigenvalue weighted by molar-refractivity contribution is 4.79. The smallest absolute Gasteiger partial charge is 0.0237 e. The number of rotatable bonds is 6. The Morgan fingerprint density at radius 1 is 1.22 bits per heavy atom. The third-order valence-electron chi connectivity index (χ3n) is 4.32. The molecule has 1 N–H and O–H groups in total. The van der Waals surface area contributed by atoms with Crippen LogP contribution in [0.5, 0.6) is 0 Å². The number of hydrogen-bond acceptors (Lipinski definition) is 3. The fraction of sp³-hybridized carbons (Fsp3) is 1.00. The van der Waals surface area contributed by atoms with Crippen molar-refractivity contribution in [2.45, 2.75) is 52.1 Å². The topological polar surface area (TPSA) is 18.5 Å². The summed E-state index contributed by atoms with van der Waals surface area (Å²) in [4.78, 5) is 4.93. The van der Waals surface area contributed by atoms with Gasteiger partial charge in [0.05, 0.1) is 0 Å². The predicted octanol–water partition coefficient (Wildman–Crippen LogP) is 2.04. The normalized spacial score (nSPS) is 24.5. The maximum Gasteiger partial charge on any atom is 0.0237 e. The van der Waals surface area contributed by atoms with E-state index in [1.165, 1.54) is 38.9 Å². The molecule has 2 atom stereocenters. The largest absolute Gasteiger partial charge is 0.312 e. The molecule has 3 heteroatoms. The summed E-state index contributed by atoms with van der Waals surface area (Å²) in [5.74, 6) is 0.713. The first-order valence-corrected chi connectivity index (χ1v) is 7.66. The fourth-order valence-corrected chi connectivity index (χ4v) is 2.98.